The molecule has 1 heterocycles. The molecule has 1 unspecified atom stereocenters. The summed E-state index contributed by atoms with van der Waals surface area (Å²) in [5.74, 6) is -0.296. The maximum Gasteiger partial charge on any atom is 0.128 e. The van der Waals surface area contributed by atoms with Crippen molar-refractivity contribution in [2.45, 2.75) is 6.04 Å². The number of rotatable bonds is 2. The number of nitrogens with two attached hydrogens (primary N) is 1. The molecule has 0 amide bonds. The zero-order valence-electron chi connectivity index (χ0n) is 8.08. The lowest BCUT2D eigenvalue weighted by atomic mass is 10.1. The summed E-state index contributed by atoms with van der Waals surface area (Å²) >= 11 is 10.6. The second-order valence-corrected chi connectivity index (χ2v) is 6.08. The number of thiophene rings is 1. The minimum Gasteiger partial charge on any atom is -0.320 e. The van der Waals surface area contributed by atoms with Crippen molar-refractivity contribution in [3.8, 4) is 0 Å². The molecule has 2 aromatic rings. The third kappa shape index (κ3) is 2.30. The van der Waals surface area contributed by atoms with E-state index in [0.29, 0.717) is 10.6 Å². The fourth-order valence-corrected chi connectivity index (χ4v) is 3.16. The first-order valence-corrected chi connectivity index (χ1v) is 6.53. The SMILES string of the molecule is NC(c1cc(Cl)c(Br)s1)c1ccccc1F. The molecule has 0 fully saturated rings. The second kappa shape index (κ2) is 4.84. The molecule has 0 radical (unpaired) electrons. The number of hydrogen-bond donors (Lipinski definition) is 1. The Bertz CT molecular complexity index is 495. The topological polar surface area (TPSA) is 26.0 Å². The molecule has 0 bridgehead atoms. The molecular weight excluding hydrogens is 313 g/mol. The van der Waals surface area contributed by atoms with E-state index in [0.717, 1.165) is 8.66 Å². The van der Waals surface area contributed by atoms with E-state index < -0.39 is 6.04 Å². The van der Waals surface area contributed by atoms with Gasteiger partial charge in [0.05, 0.1) is 14.9 Å². The Morgan fingerprint density at radius 2 is 2.06 bits per heavy atom. The average molecular weight is 321 g/mol. The lowest BCUT2D eigenvalue weighted by Gasteiger charge is -2.10. The normalized spacial score (nSPS) is 12.8. The third-order valence-electron chi connectivity index (χ3n) is 2.21. The summed E-state index contributed by atoms with van der Waals surface area (Å²) in [6.07, 6.45) is 0. The van der Waals surface area contributed by atoms with Crippen molar-refractivity contribution in [1.29, 1.82) is 0 Å². The summed E-state index contributed by atoms with van der Waals surface area (Å²) in [5, 5.41) is 0.604. The van der Waals surface area contributed by atoms with E-state index in [4.69, 9.17) is 17.3 Å². The minimum absolute atomic E-state index is 0.296. The monoisotopic (exact) mass is 319 g/mol. The number of hydrogen-bond acceptors (Lipinski definition) is 2. The van der Waals surface area contributed by atoms with Gasteiger partial charge in [-0.25, -0.2) is 4.39 Å². The van der Waals surface area contributed by atoms with E-state index in [-0.39, 0.29) is 5.82 Å². The van der Waals surface area contributed by atoms with Crippen LogP contribution in [0.3, 0.4) is 0 Å². The van der Waals surface area contributed by atoms with Crippen molar-refractivity contribution in [1.82, 2.24) is 0 Å². The maximum atomic E-state index is 13.5. The standard InChI is InChI=1S/C11H8BrClFNS/c12-11-7(13)5-9(16-11)10(15)6-3-1-2-4-8(6)14/h1-5,10H,15H2. The first kappa shape index (κ1) is 12.0. The van der Waals surface area contributed by atoms with Gasteiger partial charge in [0.25, 0.3) is 0 Å². The molecular formula is C11H8BrClFNS. The maximum absolute atomic E-state index is 13.5. The Kier molecular flexibility index (Phi) is 3.64. The van der Waals surface area contributed by atoms with Gasteiger partial charge in [-0.05, 0) is 28.1 Å². The van der Waals surface area contributed by atoms with Gasteiger partial charge in [0.1, 0.15) is 5.82 Å². The van der Waals surface area contributed by atoms with Crippen LogP contribution in [0.15, 0.2) is 34.1 Å². The van der Waals surface area contributed by atoms with Gasteiger partial charge in [-0.1, -0.05) is 29.8 Å². The lowest BCUT2D eigenvalue weighted by molar-refractivity contribution is 0.601. The van der Waals surface area contributed by atoms with Crippen LogP contribution in [0.1, 0.15) is 16.5 Å². The first-order chi connectivity index (χ1) is 7.59. The van der Waals surface area contributed by atoms with Crippen molar-refractivity contribution in [3.63, 3.8) is 0 Å². The summed E-state index contributed by atoms with van der Waals surface area (Å²) in [6, 6.07) is 7.77. The van der Waals surface area contributed by atoms with Crippen molar-refractivity contribution in [2.75, 3.05) is 0 Å². The van der Waals surface area contributed by atoms with Crippen LogP contribution in [0.4, 0.5) is 4.39 Å². The van der Waals surface area contributed by atoms with Crippen molar-refractivity contribution < 1.29 is 4.39 Å². The third-order valence-corrected chi connectivity index (χ3v) is 4.77. The molecule has 2 N–H and O–H groups in total. The highest BCUT2D eigenvalue weighted by Gasteiger charge is 2.16. The fraction of sp³-hybridized carbons (Fsp3) is 0.0909. The van der Waals surface area contributed by atoms with Gasteiger partial charge in [-0.15, -0.1) is 11.3 Å². The number of halogens is 3. The van der Waals surface area contributed by atoms with Gasteiger partial charge in [-0.2, -0.15) is 0 Å². The first-order valence-electron chi connectivity index (χ1n) is 4.54. The van der Waals surface area contributed by atoms with E-state index in [1.165, 1.54) is 17.4 Å². The summed E-state index contributed by atoms with van der Waals surface area (Å²) in [6.45, 7) is 0. The van der Waals surface area contributed by atoms with Gasteiger partial charge in [0, 0.05) is 10.4 Å². The van der Waals surface area contributed by atoms with E-state index >= 15 is 0 Å². The number of benzene rings is 1. The van der Waals surface area contributed by atoms with Gasteiger partial charge in [0.2, 0.25) is 0 Å². The van der Waals surface area contributed by atoms with E-state index in [1.54, 1.807) is 24.3 Å². The van der Waals surface area contributed by atoms with Gasteiger partial charge >= 0.3 is 0 Å². The summed E-state index contributed by atoms with van der Waals surface area (Å²) < 4.78 is 14.3. The fourth-order valence-electron chi connectivity index (χ4n) is 1.40. The lowest BCUT2D eigenvalue weighted by Crippen LogP contribution is -2.11. The van der Waals surface area contributed by atoms with Crippen LogP contribution in [0.2, 0.25) is 5.02 Å². The van der Waals surface area contributed by atoms with Gasteiger partial charge in [-0.3, -0.25) is 0 Å². The van der Waals surface area contributed by atoms with E-state index in [1.807, 2.05) is 0 Å². The van der Waals surface area contributed by atoms with E-state index in [9.17, 15) is 4.39 Å². The molecule has 0 aliphatic heterocycles. The highest BCUT2D eigenvalue weighted by atomic mass is 79.9. The Balaban J connectivity index is 2.39. The average Bonchev–Trinajstić information content (AvgIpc) is 2.59. The van der Waals surface area contributed by atoms with Crippen LogP contribution in [-0.2, 0) is 0 Å². The van der Waals surface area contributed by atoms with Crippen LogP contribution in [0.25, 0.3) is 0 Å². The molecule has 0 aliphatic carbocycles. The summed E-state index contributed by atoms with van der Waals surface area (Å²) in [5.41, 5.74) is 6.47. The van der Waals surface area contributed by atoms with Crippen LogP contribution in [-0.4, -0.2) is 0 Å². The molecule has 16 heavy (non-hydrogen) atoms. The van der Waals surface area contributed by atoms with Crippen LogP contribution in [0, 0.1) is 5.82 Å². The highest BCUT2D eigenvalue weighted by Crippen LogP contribution is 2.36. The molecule has 0 spiro atoms. The van der Waals surface area contributed by atoms with Crippen molar-refractivity contribution in [2.24, 2.45) is 5.73 Å². The minimum atomic E-state index is -0.477. The molecule has 0 aliphatic rings. The highest BCUT2D eigenvalue weighted by molar-refractivity contribution is 9.11. The molecule has 84 valence electrons. The van der Waals surface area contributed by atoms with Gasteiger partial charge < -0.3 is 5.73 Å². The molecule has 5 heteroatoms. The van der Waals surface area contributed by atoms with Gasteiger partial charge in [0.15, 0.2) is 0 Å². The van der Waals surface area contributed by atoms with Crippen molar-refractivity contribution >= 4 is 38.9 Å². The zero-order valence-corrected chi connectivity index (χ0v) is 11.2. The molecule has 2 rings (SSSR count). The van der Waals surface area contributed by atoms with Crippen LogP contribution in [0.5, 0.6) is 0 Å². The van der Waals surface area contributed by atoms with E-state index in [2.05, 4.69) is 15.9 Å². The Morgan fingerprint density at radius 3 is 2.62 bits per heavy atom. The quantitative estimate of drug-likeness (QED) is 0.874. The Labute approximate surface area is 110 Å². The molecule has 0 saturated heterocycles. The van der Waals surface area contributed by atoms with Crippen LogP contribution < -0.4 is 5.73 Å². The molecule has 1 aromatic heterocycles. The molecule has 1 atom stereocenters. The predicted octanol–water partition coefficient (Wildman–Crippen LogP) is 4.35. The second-order valence-electron chi connectivity index (χ2n) is 3.27. The largest absolute Gasteiger partial charge is 0.320 e. The molecule has 1 nitrogen and oxygen atoms in total. The summed E-state index contributed by atoms with van der Waals surface area (Å²) in [4.78, 5) is 0.835. The zero-order chi connectivity index (χ0) is 11.7. The summed E-state index contributed by atoms with van der Waals surface area (Å²) in [7, 11) is 0. The van der Waals surface area contributed by atoms with Crippen molar-refractivity contribution in [3.05, 3.63) is 55.4 Å². The molecule has 1 aromatic carbocycles. The molecule has 0 saturated carbocycles. The predicted molar refractivity (Wildman–Crippen MR) is 69.5 cm³/mol. The Morgan fingerprint density at radius 1 is 1.38 bits per heavy atom. The Hall–Kier alpha value is -0.420. The van der Waals surface area contributed by atoms with Crippen LogP contribution >= 0.6 is 38.9 Å². The smallest absolute Gasteiger partial charge is 0.128 e.